The maximum Gasteiger partial charge on any atom is 0.191 e. The number of aryl methyl sites for hydroxylation is 1. The standard InChI is InChI=1S/C22H33N5/c1-5-23-22(25-16-20-18(4)12-11-15-24-20)26-17-21(27(6-2)7-3)19-13-9-8-10-14-19/h8-15,21H,5-7,16-17H2,1-4H3,(H2,23,25,26). The van der Waals surface area contributed by atoms with Crippen molar-refractivity contribution < 1.29 is 0 Å². The van der Waals surface area contributed by atoms with Gasteiger partial charge in [0.1, 0.15) is 0 Å². The molecule has 2 rings (SSSR count). The van der Waals surface area contributed by atoms with E-state index in [1.165, 1.54) is 11.1 Å². The summed E-state index contributed by atoms with van der Waals surface area (Å²) in [6.07, 6.45) is 1.82. The molecule has 146 valence electrons. The van der Waals surface area contributed by atoms with Gasteiger partial charge in [-0.25, -0.2) is 4.99 Å². The Morgan fingerprint density at radius 2 is 1.78 bits per heavy atom. The van der Waals surface area contributed by atoms with E-state index in [1.54, 1.807) is 0 Å². The van der Waals surface area contributed by atoms with Gasteiger partial charge in [-0.1, -0.05) is 50.2 Å². The second-order valence-electron chi connectivity index (χ2n) is 6.49. The highest BCUT2D eigenvalue weighted by molar-refractivity contribution is 5.79. The monoisotopic (exact) mass is 367 g/mol. The Balaban J connectivity index is 2.11. The van der Waals surface area contributed by atoms with Gasteiger partial charge in [0.2, 0.25) is 0 Å². The summed E-state index contributed by atoms with van der Waals surface area (Å²) < 4.78 is 0. The first-order chi connectivity index (χ1) is 13.2. The molecule has 0 spiro atoms. The number of benzene rings is 1. The molecule has 0 saturated carbocycles. The summed E-state index contributed by atoms with van der Waals surface area (Å²) in [7, 11) is 0. The number of nitrogens with zero attached hydrogens (tertiary/aromatic N) is 3. The van der Waals surface area contributed by atoms with Crippen LogP contribution in [0, 0.1) is 6.92 Å². The maximum absolute atomic E-state index is 4.73. The van der Waals surface area contributed by atoms with Crippen molar-refractivity contribution in [3.05, 3.63) is 65.5 Å². The summed E-state index contributed by atoms with van der Waals surface area (Å²) in [5, 5.41) is 6.87. The molecule has 1 aromatic heterocycles. The number of pyridine rings is 1. The molecule has 1 heterocycles. The first-order valence-electron chi connectivity index (χ1n) is 9.91. The molecule has 0 bridgehead atoms. The summed E-state index contributed by atoms with van der Waals surface area (Å²) in [6.45, 7) is 12.8. The van der Waals surface area contributed by atoms with Crippen LogP contribution in [0.15, 0.2) is 53.7 Å². The summed E-state index contributed by atoms with van der Waals surface area (Å²) in [5.41, 5.74) is 3.51. The maximum atomic E-state index is 4.73. The van der Waals surface area contributed by atoms with Gasteiger partial charge in [-0.05, 0) is 44.1 Å². The van der Waals surface area contributed by atoms with Gasteiger partial charge in [-0.3, -0.25) is 9.88 Å². The summed E-state index contributed by atoms with van der Waals surface area (Å²) in [5.74, 6) is 0.829. The molecule has 0 aliphatic rings. The highest BCUT2D eigenvalue weighted by atomic mass is 15.2. The summed E-state index contributed by atoms with van der Waals surface area (Å²) >= 11 is 0. The Kier molecular flexibility index (Phi) is 8.78. The number of likely N-dealkylation sites (N-methyl/N-ethyl adjacent to an activating group) is 1. The van der Waals surface area contributed by atoms with Crippen molar-refractivity contribution in [1.82, 2.24) is 20.5 Å². The lowest BCUT2D eigenvalue weighted by atomic mass is 10.1. The zero-order chi connectivity index (χ0) is 19.5. The number of nitrogens with one attached hydrogen (secondary N) is 2. The molecule has 0 amide bonds. The molecule has 0 radical (unpaired) electrons. The zero-order valence-electron chi connectivity index (χ0n) is 17.1. The van der Waals surface area contributed by atoms with Crippen LogP contribution in [0.25, 0.3) is 0 Å². The highest BCUT2D eigenvalue weighted by Gasteiger charge is 2.18. The number of hydrogen-bond acceptors (Lipinski definition) is 3. The van der Waals surface area contributed by atoms with Crippen molar-refractivity contribution in [2.45, 2.75) is 40.3 Å². The van der Waals surface area contributed by atoms with Crippen LogP contribution in [-0.2, 0) is 6.54 Å². The van der Waals surface area contributed by atoms with Crippen LogP contribution in [-0.4, -0.2) is 42.0 Å². The van der Waals surface area contributed by atoms with Crippen molar-refractivity contribution >= 4 is 5.96 Å². The minimum atomic E-state index is 0.307. The number of aromatic nitrogens is 1. The third-order valence-corrected chi connectivity index (χ3v) is 4.75. The Hall–Kier alpha value is -2.40. The summed E-state index contributed by atoms with van der Waals surface area (Å²) in [6, 6.07) is 15.0. The fourth-order valence-electron chi connectivity index (χ4n) is 3.17. The van der Waals surface area contributed by atoms with E-state index in [0.717, 1.165) is 37.8 Å². The molecule has 0 aliphatic carbocycles. The normalized spacial score (nSPS) is 12.9. The minimum absolute atomic E-state index is 0.307. The van der Waals surface area contributed by atoms with E-state index in [9.17, 15) is 0 Å². The predicted octanol–water partition coefficient (Wildman–Crippen LogP) is 3.53. The average Bonchev–Trinajstić information content (AvgIpc) is 2.70. The minimum Gasteiger partial charge on any atom is -0.357 e. The lowest BCUT2D eigenvalue weighted by Gasteiger charge is -2.30. The number of aliphatic imine (C=N–C) groups is 1. The van der Waals surface area contributed by atoms with Gasteiger partial charge in [-0.15, -0.1) is 0 Å². The van der Waals surface area contributed by atoms with E-state index in [2.05, 4.69) is 84.6 Å². The van der Waals surface area contributed by atoms with Crippen LogP contribution in [0.1, 0.15) is 43.6 Å². The van der Waals surface area contributed by atoms with Crippen molar-refractivity contribution in [2.24, 2.45) is 4.99 Å². The van der Waals surface area contributed by atoms with Gasteiger partial charge < -0.3 is 10.6 Å². The highest BCUT2D eigenvalue weighted by Crippen LogP contribution is 2.19. The quantitative estimate of drug-likeness (QED) is 0.526. The molecule has 5 heteroatoms. The number of hydrogen-bond donors (Lipinski definition) is 2. The number of guanidine groups is 1. The smallest absolute Gasteiger partial charge is 0.191 e. The Morgan fingerprint density at radius 1 is 1.04 bits per heavy atom. The van der Waals surface area contributed by atoms with Crippen molar-refractivity contribution in [3.8, 4) is 0 Å². The molecule has 5 nitrogen and oxygen atoms in total. The van der Waals surface area contributed by atoms with Crippen LogP contribution in [0.2, 0.25) is 0 Å². The molecule has 1 unspecified atom stereocenters. The largest absolute Gasteiger partial charge is 0.357 e. The van der Waals surface area contributed by atoms with E-state index >= 15 is 0 Å². The second-order valence-corrected chi connectivity index (χ2v) is 6.49. The van der Waals surface area contributed by atoms with Gasteiger partial charge in [0.25, 0.3) is 0 Å². The SMILES string of the molecule is CCNC(=NCc1ncccc1C)NCC(c1ccccc1)N(CC)CC. The van der Waals surface area contributed by atoms with Crippen LogP contribution in [0.5, 0.6) is 0 Å². The lowest BCUT2D eigenvalue weighted by Crippen LogP contribution is -2.43. The molecule has 0 fully saturated rings. The van der Waals surface area contributed by atoms with Crippen LogP contribution in [0.4, 0.5) is 0 Å². The van der Waals surface area contributed by atoms with Crippen molar-refractivity contribution in [2.75, 3.05) is 26.2 Å². The van der Waals surface area contributed by atoms with E-state index in [0.29, 0.717) is 12.6 Å². The predicted molar refractivity (Wildman–Crippen MR) is 114 cm³/mol. The molecule has 2 aromatic rings. The molecule has 1 aromatic carbocycles. The van der Waals surface area contributed by atoms with Gasteiger partial charge in [0, 0.05) is 19.3 Å². The van der Waals surface area contributed by atoms with Crippen molar-refractivity contribution in [3.63, 3.8) is 0 Å². The Labute approximate surface area is 163 Å². The fourth-order valence-corrected chi connectivity index (χ4v) is 3.17. The van der Waals surface area contributed by atoms with Crippen LogP contribution in [0.3, 0.4) is 0 Å². The Bertz CT molecular complexity index is 695. The van der Waals surface area contributed by atoms with Gasteiger partial charge in [0.05, 0.1) is 18.3 Å². The van der Waals surface area contributed by atoms with Gasteiger partial charge in [-0.2, -0.15) is 0 Å². The number of rotatable bonds is 9. The Morgan fingerprint density at radius 3 is 2.41 bits per heavy atom. The fraction of sp³-hybridized carbons (Fsp3) is 0.455. The van der Waals surface area contributed by atoms with Crippen LogP contribution < -0.4 is 10.6 Å². The van der Waals surface area contributed by atoms with Crippen molar-refractivity contribution in [1.29, 1.82) is 0 Å². The molecule has 1 atom stereocenters. The van der Waals surface area contributed by atoms with E-state index in [1.807, 2.05) is 12.3 Å². The summed E-state index contributed by atoms with van der Waals surface area (Å²) in [4.78, 5) is 11.6. The lowest BCUT2D eigenvalue weighted by molar-refractivity contribution is 0.219. The molecule has 27 heavy (non-hydrogen) atoms. The molecule has 0 aliphatic heterocycles. The van der Waals surface area contributed by atoms with Crippen LogP contribution >= 0.6 is 0 Å². The first kappa shape index (κ1) is 20.9. The molecule has 2 N–H and O–H groups in total. The van der Waals surface area contributed by atoms with Gasteiger partial charge in [0.15, 0.2) is 5.96 Å². The molecular formula is C22H33N5. The topological polar surface area (TPSA) is 52.6 Å². The third kappa shape index (κ3) is 6.36. The van der Waals surface area contributed by atoms with E-state index < -0.39 is 0 Å². The average molecular weight is 368 g/mol. The van der Waals surface area contributed by atoms with Gasteiger partial charge >= 0.3 is 0 Å². The second kappa shape index (κ2) is 11.3. The first-order valence-corrected chi connectivity index (χ1v) is 9.91. The molecular weight excluding hydrogens is 334 g/mol. The van der Waals surface area contributed by atoms with E-state index in [-0.39, 0.29) is 0 Å². The third-order valence-electron chi connectivity index (χ3n) is 4.75. The zero-order valence-corrected chi connectivity index (χ0v) is 17.1. The van der Waals surface area contributed by atoms with E-state index in [4.69, 9.17) is 4.99 Å². The molecule has 0 saturated heterocycles.